The smallest absolute Gasteiger partial charge is 0.133 e. The molecule has 1 aromatic rings. The lowest BCUT2D eigenvalue weighted by molar-refractivity contribution is 0.298. The number of hydrogen-bond acceptors (Lipinski definition) is 3. The second-order valence-corrected chi connectivity index (χ2v) is 5.38. The summed E-state index contributed by atoms with van der Waals surface area (Å²) >= 11 is 1.10. The minimum Gasteiger partial charge on any atom is -0.768 e. The van der Waals surface area contributed by atoms with Gasteiger partial charge < -0.3 is 9.29 Å². The van der Waals surface area contributed by atoms with Crippen LogP contribution in [0.1, 0.15) is 12.8 Å². The average Bonchev–Trinajstić information content (AvgIpc) is 2.99. The van der Waals surface area contributed by atoms with Crippen LogP contribution in [0.4, 0.5) is 0 Å². The fourth-order valence-corrected chi connectivity index (χ4v) is 2.23. The van der Waals surface area contributed by atoms with Crippen LogP contribution >= 0.6 is 15.9 Å². The molecule has 2 rings (SSSR count). The van der Waals surface area contributed by atoms with Crippen molar-refractivity contribution in [3.05, 3.63) is 22.7 Å². The van der Waals surface area contributed by atoms with E-state index in [9.17, 15) is 8.76 Å². The molecule has 0 bridgehead atoms. The van der Waals surface area contributed by atoms with Gasteiger partial charge in [0.25, 0.3) is 0 Å². The molecule has 5 heteroatoms. The highest BCUT2D eigenvalue weighted by Crippen LogP contribution is 2.32. The summed E-state index contributed by atoms with van der Waals surface area (Å²) in [4.78, 5) is 0.264. The molecule has 1 aliphatic rings. The molecule has 82 valence electrons. The molecule has 1 unspecified atom stereocenters. The molecule has 0 aliphatic heterocycles. The predicted molar refractivity (Wildman–Crippen MR) is 59.5 cm³/mol. The molecule has 0 aromatic heterocycles. The molecule has 0 heterocycles. The van der Waals surface area contributed by atoms with Gasteiger partial charge in [-0.2, -0.15) is 0 Å². The molecule has 0 spiro atoms. The molecule has 15 heavy (non-hydrogen) atoms. The van der Waals surface area contributed by atoms with Crippen molar-refractivity contribution in [2.45, 2.75) is 17.7 Å². The van der Waals surface area contributed by atoms with Crippen LogP contribution in [0.3, 0.4) is 0 Å². The van der Waals surface area contributed by atoms with Crippen LogP contribution in [0.2, 0.25) is 0 Å². The number of rotatable bonds is 4. The Kier molecular flexibility index (Phi) is 3.43. The first-order chi connectivity index (χ1) is 7.16. The van der Waals surface area contributed by atoms with Gasteiger partial charge in [-0.15, -0.1) is 0 Å². The van der Waals surface area contributed by atoms with E-state index < -0.39 is 11.1 Å². The summed E-state index contributed by atoms with van der Waals surface area (Å²) in [6, 6.07) is 4.76. The van der Waals surface area contributed by atoms with E-state index >= 15 is 0 Å². The second-order valence-electron chi connectivity index (χ2n) is 3.58. The van der Waals surface area contributed by atoms with E-state index in [-0.39, 0.29) is 4.90 Å². The van der Waals surface area contributed by atoms with E-state index in [0.29, 0.717) is 16.1 Å². The zero-order chi connectivity index (χ0) is 10.8. The van der Waals surface area contributed by atoms with Crippen molar-refractivity contribution in [1.82, 2.24) is 0 Å². The molecule has 0 radical (unpaired) electrons. The van der Waals surface area contributed by atoms with Gasteiger partial charge in [-0.25, -0.2) is 0 Å². The lowest BCUT2D eigenvalue weighted by Crippen LogP contribution is -2.00. The van der Waals surface area contributed by atoms with Crippen molar-refractivity contribution in [2.75, 3.05) is 6.61 Å². The lowest BCUT2D eigenvalue weighted by atomic mass is 10.3. The van der Waals surface area contributed by atoms with Crippen molar-refractivity contribution in [3.8, 4) is 5.75 Å². The Balaban J connectivity index is 2.07. The summed E-state index contributed by atoms with van der Waals surface area (Å²) in [6.07, 6.45) is 2.47. The van der Waals surface area contributed by atoms with Gasteiger partial charge in [0.1, 0.15) is 5.75 Å². The first-order valence-electron chi connectivity index (χ1n) is 4.68. The highest BCUT2D eigenvalue weighted by molar-refractivity contribution is 9.10. The van der Waals surface area contributed by atoms with Crippen molar-refractivity contribution < 1.29 is 13.5 Å². The summed E-state index contributed by atoms with van der Waals surface area (Å²) in [5.74, 6) is 1.39. The Morgan fingerprint density at radius 1 is 1.53 bits per heavy atom. The number of hydrogen-bond donors (Lipinski definition) is 0. The molecule has 0 amide bonds. The maximum absolute atomic E-state index is 10.7. The summed E-state index contributed by atoms with van der Waals surface area (Å²) in [5, 5.41) is 0. The molecule has 1 aliphatic carbocycles. The summed E-state index contributed by atoms with van der Waals surface area (Å²) in [6.45, 7) is 0.721. The fraction of sp³-hybridized carbons (Fsp3) is 0.400. The second kappa shape index (κ2) is 4.63. The summed E-state index contributed by atoms with van der Waals surface area (Å²) in [7, 11) is 0. The van der Waals surface area contributed by atoms with Crippen molar-refractivity contribution >= 4 is 27.0 Å². The molecular formula is C10H10BrO3S-. The fourth-order valence-electron chi connectivity index (χ4n) is 1.19. The standard InChI is InChI=1S/C10H11BrO3S/c11-9-5-8(15(12)13)3-4-10(9)14-6-7-1-2-7/h3-5,7H,1-2,6H2,(H,12,13)/p-1. The zero-order valence-corrected chi connectivity index (χ0v) is 10.3. The van der Waals surface area contributed by atoms with E-state index in [1.807, 2.05) is 0 Å². The molecule has 0 N–H and O–H groups in total. The molecule has 1 atom stereocenters. The van der Waals surface area contributed by atoms with Gasteiger partial charge in [-0.05, 0) is 64.0 Å². The molecular weight excluding hydrogens is 280 g/mol. The first kappa shape index (κ1) is 11.1. The number of benzene rings is 1. The van der Waals surface area contributed by atoms with Crippen LogP contribution in [-0.2, 0) is 11.1 Å². The Morgan fingerprint density at radius 3 is 2.80 bits per heavy atom. The molecule has 1 fully saturated rings. The van der Waals surface area contributed by atoms with Crippen molar-refractivity contribution in [2.24, 2.45) is 5.92 Å². The minimum absolute atomic E-state index is 0.264. The maximum atomic E-state index is 10.7. The van der Waals surface area contributed by atoms with Crippen LogP contribution in [0.5, 0.6) is 5.75 Å². The third-order valence-electron chi connectivity index (χ3n) is 2.27. The number of halogens is 1. The molecule has 1 saturated carbocycles. The molecule has 1 aromatic carbocycles. The van der Waals surface area contributed by atoms with Gasteiger partial charge in [0, 0.05) is 4.90 Å². The van der Waals surface area contributed by atoms with Crippen LogP contribution in [-0.4, -0.2) is 15.4 Å². The normalized spacial score (nSPS) is 17.5. The Labute approximate surface area is 99.2 Å². The predicted octanol–water partition coefficient (Wildman–Crippen LogP) is 2.48. The molecule has 3 nitrogen and oxygen atoms in total. The SMILES string of the molecule is O=S([O-])c1ccc(OCC2CC2)c(Br)c1. The van der Waals surface area contributed by atoms with Gasteiger partial charge in [0.05, 0.1) is 11.1 Å². The minimum atomic E-state index is -2.18. The average molecular weight is 290 g/mol. The van der Waals surface area contributed by atoms with Gasteiger partial charge in [0.2, 0.25) is 0 Å². The highest BCUT2D eigenvalue weighted by atomic mass is 79.9. The monoisotopic (exact) mass is 289 g/mol. The third kappa shape index (κ3) is 3.03. The van der Waals surface area contributed by atoms with Crippen LogP contribution in [0, 0.1) is 5.92 Å². The maximum Gasteiger partial charge on any atom is 0.133 e. The van der Waals surface area contributed by atoms with Gasteiger partial charge in [-0.3, -0.25) is 4.21 Å². The summed E-state index contributed by atoms with van der Waals surface area (Å²) < 4.78 is 27.6. The molecule has 0 saturated heterocycles. The number of ether oxygens (including phenoxy) is 1. The largest absolute Gasteiger partial charge is 0.768 e. The summed E-state index contributed by atoms with van der Waals surface area (Å²) in [5.41, 5.74) is 0. The van der Waals surface area contributed by atoms with E-state index in [2.05, 4.69) is 15.9 Å². The Bertz CT molecular complexity index is 390. The quantitative estimate of drug-likeness (QED) is 0.800. The van der Waals surface area contributed by atoms with Crippen LogP contribution < -0.4 is 4.74 Å². The Morgan fingerprint density at radius 2 is 2.27 bits per heavy atom. The third-order valence-corrected chi connectivity index (χ3v) is 3.53. The van der Waals surface area contributed by atoms with Gasteiger partial charge in [-0.1, -0.05) is 0 Å². The van der Waals surface area contributed by atoms with Crippen molar-refractivity contribution in [3.63, 3.8) is 0 Å². The van der Waals surface area contributed by atoms with Gasteiger partial charge in [0.15, 0.2) is 0 Å². The van der Waals surface area contributed by atoms with E-state index in [0.717, 1.165) is 6.61 Å². The van der Waals surface area contributed by atoms with E-state index in [1.165, 1.54) is 18.9 Å². The van der Waals surface area contributed by atoms with E-state index in [4.69, 9.17) is 4.74 Å². The first-order valence-corrected chi connectivity index (χ1v) is 6.55. The topological polar surface area (TPSA) is 49.4 Å². The lowest BCUT2D eigenvalue weighted by Gasteiger charge is -2.10. The van der Waals surface area contributed by atoms with E-state index in [1.54, 1.807) is 12.1 Å². The van der Waals surface area contributed by atoms with Crippen LogP contribution in [0.25, 0.3) is 0 Å². The highest BCUT2D eigenvalue weighted by Gasteiger charge is 2.22. The van der Waals surface area contributed by atoms with Gasteiger partial charge >= 0.3 is 0 Å². The van der Waals surface area contributed by atoms with Crippen molar-refractivity contribution in [1.29, 1.82) is 0 Å². The van der Waals surface area contributed by atoms with Crippen LogP contribution in [0.15, 0.2) is 27.6 Å². The Hall–Kier alpha value is -0.390. The zero-order valence-electron chi connectivity index (χ0n) is 7.94.